The first kappa shape index (κ1) is 14.0. The molecule has 3 nitrogen and oxygen atoms in total. The van der Waals surface area contributed by atoms with Crippen LogP contribution >= 0.6 is 38.6 Å². The lowest BCUT2D eigenvalue weighted by atomic mass is 9.94. The van der Waals surface area contributed by atoms with Crippen molar-refractivity contribution in [1.29, 1.82) is 0 Å². The topological polar surface area (TPSA) is 42.0 Å². The zero-order valence-corrected chi connectivity index (χ0v) is 13.9. The van der Waals surface area contributed by atoms with Gasteiger partial charge in [0.25, 0.3) is 0 Å². The van der Waals surface area contributed by atoms with Gasteiger partial charge in [-0.25, -0.2) is 4.98 Å². The van der Waals surface area contributed by atoms with Gasteiger partial charge in [-0.2, -0.15) is 0 Å². The Kier molecular flexibility index (Phi) is 4.33. The number of thiazole rings is 1. The molecule has 1 aliphatic carbocycles. The molecule has 104 valence electrons. The van der Waals surface area contributed by atoms with E-state index < -0.39 is 0 Å². The van der Waals surface area contributed by atoms with Crippen molar-refractivity contribution in [2.75, 3.05) is 5.32 Å². The molecule has 6 heteroatoms. The molecular weight excluding hydrogens is 356 g/mol. The summed E-state index contributed by atoms with van der Waals surface area (Å²) in [6, 6.07) is 4.04. The van der Waals surface area contributed by atoms with E-state index in [0.717, 1.165) is 33.6 Å². The van der Waals surface area contributed by atoms with Crippen LogP contribution in [0.25, 0.3) is 10.6 Å². The Bertz CT molecular complexity index is 647. The number of allylic oxidation sites excluding steroid dienone is 2. The zero-order valence-electron chi connectivity index (χ0n) is 10.6. The van der Waals surface area contributed by atoms with E-state index in [-0.39, 0.29) is 11.8 Å². The summed E-state index contributed by atoms with van der Waals surface area (Å²) in [5.41, 5.74) is 0.921. The van der Waals surface area contributed by atoms with Crippen LogP contribution in [0.2, 0.25) is 0 Å². The fraction of sp³-hybridized carbons (Fsp3) is 0.286. The van der Waals surface area contributed by atoms with Gasteiger partial charge in [0, 0.05) is 11.3 Å². The molecule has 1 N–H and O–H groups in total. The predicted molar refractivity (Wildman–Crippen MR) is 88.2 cm³/mol. The Morgan fingerprint density at radius 1 is 1.40 bits per heavy atom. The van der Waals surface area contributed by atoms with Gasteiger partial charge in [-0.05, 0) is 47.3 Å². The summed E-state index contributed by atoms with van der Waals surface area (Å²) >= 11 is 6.56. The number of rotatable bonds is 3. The number of carbonyl (C=O) groups is 1. The molecule has 2 heterocycles. The number of aromatic nitrogens is 1. The van der Waals surface area contributed by atoms with E-state index in [4.69, 9.17) is 0 Å². The Morgan fingerprint density at radius 2 is 2.30 bits per heavy atom. The Hall–Kier alpha value is -0.980. The monoisotopic (exact) mass is 368 g/mol. The van der Waals surface area contributed by atoms with Crippen LogP contribution in [0.15, 0.2) is 33.5 Å². The van der Waals surface area contributed by atoms with Gasteiger partial charge < -0.3 is 5.32 Å². The molecule has 0 radical (unpaired) electrons. The third-order valence-corrected chi connectivity index (χ3v) is 5.60. The summed E-state index contributed by atoms with van der Waals surface area (Å²) < 4.78 is 1.08. The molecular formula is C14H13BrN2OS2. The minimum Gasteiger partial charge on any atom is -0.302 e. The van der Waals surface area contributed by atoms with Crippen LogP contribution in [0, 0.1) is 5.92 Å². The van der Waals surface area contributed by atoms with Crippen LogP contribution in [0.5, 0.6) is 0 Å². The molecule has 0 saturated heterocycles. The number of anilines is 1. The average Bonchev–Trinajstić information content (AvgIpc) is 3.09. The number of halogens is 1. The minimum absolute atomic E-state index is 0.0858. The fourth-order valence-electron chi connectivity index (χ4n) is 2.14. The summed E-state index contributed by atoms with van der Waals surface area (Å²) in [6.45, 7) is 0. The van der Waals surface area contributed by atoms with E-state index in [1.54, 1.807) is 11.3 Å². The summed E-state index contributed by atoms with van der Waals surface area (Å²) in [5.74, 6) is 0.172. The molecule has 3 rings (SSSR count). The van der Waals surface area contributed by atoms with Gasteiger partial charge in [-0.1, -0.05) is 12.2 Å². The van der Waals surface area contributed by atoms with E-state index in [1.807, 2.05) is 17.5 Å². The molecule has 1 amide bonds. The van der Waals surface area contributed by atoms with Gasteiger partial charge in [-0.3, -0.25) is 4.79 Å². The van der Waals surface area contributed by atoms with E-state index in [9.17, 15) is 4.79 Å². The standard InChI is InChI=1S/C14H13BrN2OS2/c15-12-7-6-11(20-12)10-8-19-14(16-10)17-13(18)9-4-2-1-3-5-9/h1-2,6-9H,3-5H2,(H,16,17,18)/t9-/m1/s1. The number of nitrogens with one attached hydrogen (secondary N) is 1. The van der Waals surface area contributed by atoms with Crippen LogP contribution in [-0.2, 0) is 4.79 Å². The summed E-state index contributed by atoms with van der Waals surface area (Å²) in [7, 11) is 0. The van der Waals surface area contributed by atoms with E-state index in [0.29, 0.717) is 5.13 Å². The molecule has 2 aromatic rings. The fourth-order valence-corrected chi connectivity index (χ4v) is 4.27. The maximum atomic E-state index is 12.1. The molecule has 0 saturated carbocycles. The van der Waals surface area contributed by atoms with Gasteiger partial charge in [-0.15, -0.1) is 22.7 Å². The van der Waals surface area contributed by atoms with Gasteiger partial charge >= 0.3 is 0 Å². The molecule has 20 heavy (non-hydrogen) atoms. The van der Waals surface area contributed by atoms with Crippen LogP contribution in [0.1, 0.15) is 19.3 Å². The van der Waals surface area contributed by atoms with Crippen molar-refractivity contribution in [3.05, 3.63) is 33.5 Å². The maximum Gasteiger partial charge on any atom is 0.229 e. The largest absolute Gasteiger partial charge is 0.302 e. The summed E-state index contributed by atoms with van der Waals surface area (Å²) in [5, 5.41) is 5.60. The lowest BCUT2D eigenvalue weighted by Crippen LogP contribution is -2.23. The first-order valence-electron chi connectivity index (χ1n) is 6.39. The zero-order chi connectivity index (χ0) is 13.9. The first-order valence-corrected chi connectivity index (χ1v) is 8.88. The highest BCUT2D eigenvalue weighted by molar-refractivity contribution is 9.11. The highest BCUT2D eigenvalue weighted by atomic mass is 79.9. The van der Waals surface area contributed by atoms with E-state index in [1.165, 1.54) is 11.3 Å². The Labute approximate surface area is 133 Å². The van der Waals surface area contributed by atoms with Crippen molar-refractivity contribution in [1.82, 2.24) is 4.98 Å². The number of carbonyl (C=O) groups excluding carboxylic acids is 1. The minimum atomic E-state index is 0.0858. The quantitative estimate of drug-likeness (QED) is 0.780. The SMILES string of the molecule is O=C(Nc1nc(-c2ccc(Br)s2)cs1)[C@@H]1CC=CCC1. The van der Waals surface area contributed by atoms with E-state index >= 15 is 0 Å². The van der Waals surface area contributed by atoms with Gasteiger partial charge in [0.05, 0.1) is 14.4 Å². The van der Waals surface area contributed by atoms with Crippen molar-refractivity contribution in [2.45, 2.75) is 19.3 Å². The summed E-state index contributed by atoms with van der Waals surface area (Å²) in [6.07, 6.45) is 6.98. The average molecular weight is 369 g/mol. The van der Waals surface area contributed by atoms with Crippen molar-refractivity contribution >= 4 is 49.6 Å². The first-order chi connectivity index (χ1) is 9.72. The molecule has 0 aromatic carbocycles. The van der Waals surface area contributed by atoms with Gasteiger partial charge in [0.15, 0.2) is 5.13 Å². The second kappa shape index (κ2) is 6.20. The normalized spacial score (nSPS) is 18.1. The molecule has 0 spiro atoms. The number of amides is 1. The van der Waals surface area contributed by atoms with Gasteiger partial charge in [0.1, 0.15) is 0 Å². The molecule has 1 aliphatic rings. The molecule has 2 aromatic heterocycles. The second-order valence-corrected chi connectivity index (χ2v) is 7.93. The lowest BCUT2D eigenvalue weighted by molar-refractivity contribution is -0.120. The number of hydrogen-bond acceptors (Lipinski definition) is 4. The maximum absolute atomic E-state index is 12.1. The predicted octanol–water partition coefficient (Wildman–Crippen LogP) is 4.93. The number of thiophene rings is 1. The van der Waals surface area contributed by atoms with Crippen LogP contribution < -0.4 is 5.32 Å². The molecule has 0 aliphatic heterocycles. The van der Waals surface area contributed by atoms with E-state index in [2.05, 4.69) is 38.4 Å². The summed E-state index contributed by atoms with van der Waals surface area (Å²) in [4.78, 5) is 17.7. The van der Waals surface area contributed by atoms with Crippen molar-refractivity contribution in [3.8, 4) is 10.6 Å². The highest BCUT2D eigenvalue weighted by Gasteiger charge is 2.19. The van der Waals surface area contributed by atoms with Crippen molar-refractivity contribution in [2.24, 2.45) is 5.92 Å². The Morgan fingerprint density at radius 3 is 3.00 bits per heavy atom. The smallest absolute Gasteiger partial charge is 0.229 e. The Balaban J connectivity index is 1.68. The second-order valence-electron chi connectivity index (χ2n) is 4.61. The third kappa shape index (κ3) is 3.19. The van der Waals surface area contributed by atoms with Crippen molar-refractivity contribution in [3.63, 3.8) is 0 Å². The third-order valence-electron chi connectivity index (χ3n) is 3.20. The number of nitrogens with zero attached hydrogens (tertiary/aromatic N) is 1. The molecule has 0 unspecified atom stereocenters. The molecule has 0 fully saturated rings. The lowest BCUT2D eigenvalue weighted by Gasteiger charge is -2.15. The molecule has 0 bridgehead atoms. The van der Waals surface area contributed by atoms with Crippen molar-refractivity contribution < 1.29 is 4.79 Å². The van der Waals surface area contributed by atoms with Crippen LogP contribution in [-0.4, -0.2) is 10.9 Å². The molecule has 1 atom stereocenters. The van der Waals surface area contributed by atoms with Crippen LogP contribution in [0.3, 0.4) is 0 Å². The highest BCUT2D eigenvalue weighted by Crippen LogP contribution is 2.33. The van der Waals surface area contributed by atoms with Crippen LogP contribution in [0.4, 0.5) is 5.13 Å². The number of hydrogen-bond donors (Lipinski definition) is 1. The van der Waals surface area contributed by atoms with Gasteiger partial charge in [0.2, 0.25) is 5.91 Å².